The van der Waals surface area contributed by atoms with Crippen LogP contribution < -0.4 is 10.5 Å². The van der Waals surface area contributed by atoms with E-state index >= 15 is 0 Å². The van der Waals surface area contributed by atoms with Gasteiger partial charge in [-0.1, -0.05) is 29.3 Å². The van der Waals surface area contributed by atoms with Gasteiger partial charge >= 0.3 is 0 Å². The Morgan fingerprint density at radius 2 is 2.00 bits per heavy atom. The van der Waals surface area contributed by atoms with E-state index in [0.29, 0.717) is 0 Å². The minimum Gasteiger partial charge on any atom is -0.434 e. The van der Waals surface area contributed by atoms with Crippen LogP contribution in [0.1, 0.15) is 0 Å². The van der Waals surface area contributed by atoms with Crippen LogP contribution >= 0.6 is 23.2 Å². The van der Waals surface area contributed by atoms with E-state index in [0.717, 1.165) is 0 Å². The van der Waals surface area contributed by atoms with Crippen LogP contribution in [0.5, 0.6) is 11.6 Å². The molecule has 0 radical (unpaired) electrons. The Bertz CT molecular complexity index is 516. The van der Waals surface area contributed by atoms with Crippen molar-refractivity contribution in [1.82, 2.24) is 9.97 Å². The van der Waals surface area contributed by atoms with Crippen LogP contribution in [0.3, 0.4) is 0 Å². The van der Waals surface area contributed by atoms with Gasteiger partial charge < -0.3 is 10.5 Å². The normalized spacial score (nSPS) is 10.3. The molecule has 0 saturated heterocycles. The molecule has 0 amide bonds. The molecule has 0 bridgehead atoms. The maximum Gasteiger partial charge on any atom is 0.243 e. The number of nitrogens with two attached hydrogens (primary N) is 1. The second kappa shape index (κ2) is 4.73. The van der Waals surface area contributed by atoms with Crippen LogP contribution in [-0.2, 0) is 0 Å². The molecule has 0 unspecified atom stereocenters. The third kappa shape index (κ3) is 2.40. The number of hydrogen-bond donors (Lipinski definition) is 1. The number of ether oxygens (including phenoxy) is 1. The van der Waals surface area contributed by atoms with E-state index in [2.05, 4.69) is 9.97 Å². The Labute approximate surface area is 106 Å². The Morgan fingerprint density at radius 3 is 2.76 bits per heavy atom. The van der Waals surface area contributed by atoms with Gasteiger partial charge in [-0.25, -0.2) is 9.37 Å². The second-order valence-corrected chi connectivity index (χ2v) is 3.82. The lowest BCUT2D eigenvalue weighted by molar-refractivity contribution is 0.427. The first-order valence-corrected chi connectivity index (χ1v) is 5.23. The van der Waals surface area contributed by atoms with Crippen LogP contribution in [-0.4, -0.2) is 9.97 Å². The summed E-state index contributed by atoms with van der Waals surface area (Å²) in [7, 11) is 0. The molecule has 2 aromatic rings. The fourth-order valence-corrected chi connectivity index (χ4v) is 1.41. The van der Waals surface area contributed by atoms with Crippen molar-refractivity contribution in [3.63, 3.8) is 0 Å². The van der Waals surface area contributed by atoms with Gasteiger partial charge in [0.15, 0.2) is 11.6 Å². The molecule has 0 aliphatic carbocycles. The molecule has 0 aliphatic rings. The summed E-state index contributed by atoms with van der Waals surface area (Å²) in [6.45, 7) is 0. The SMILES string of the molecule is Nc1ncnc(Oc2cccc(Cl)c2F)c1Cl. The number of rotatable bonds is 2. The van der Waals surface area contributed by atoms with Crippen LogP contribution in [0.25, 0.3) is 0 Å². The predicted molar refractivity (Wildman–Crippen MR) is 62.9 cm³/mol. The summed E-state index contributed by atoms with van der Waals surface area (Å²) in [6.07, 6.45) is 1.17. The van der Waals surface area contributed by atoms with E-state index in [9.17, 15) is 4.39 Å². The highest BCUT2D eigenvalue weighted by molar-refractivity contribution is 6.34. The van der Waals surface area contributed by atoms with E-state index in [1.807, 2.05) is 0 Å². The summed E-state index contributed by atoms with van der Waals surface area (Å²) in [5.74, 6) is -0.751. The molecule has 2 N–H and O–H groups in total. The molecule has 0 atom stereocenters. The third-order valence-electron chi connectivity index (χ3n) is 1.91. The first-order valence-electron chi connectivity index (χ1n) is 4.47. The van der Waals surface area contributed by atoms with E-state index in [4.69, 9.17) is 33.7 Å². The van der Waals surface area contributed by atoms with Crippen LogP contribution in [0.15, 0.2) is 24.5 Å². The molecule has 1 aromatic carbocycles. The topological polar surface area (TPSA) is 61.0 Å². The number of benzene rings is 1. The molecule has 2 rings (SSSR count). The number of aromatic nitrogens is 2. The fourth-order valence-electron chi connectivity index (χ4n) is 1.10. The lowest BCUT2D eigenvalue weighted by Crippen LogP contribution is -1.97. The van der Waals surface area contributed by atoms with E-state index in [1.54, 1.807) is 6.07 Å². The summed E-state index contributed by atoms with van der Waals surface area (Å²) in [5, 5.41) is -0.0347. The first-order chi connectivity index (χ1) is 8.09. The largest absolute Gasteiger partial charge is 0.434 e. The number of nitrogen functional groups attached to an aromatic ring is 1. The Morgan fingerprint density at radius 1 is 1.24 bits per heavy atom. The zero-order valence-corrected chi connectivity index (χ0v) is 9.84. The van der Waals surface area contributed by atoms with Gasteiger partial charge in [0.05, 0.1) is 5.02 Å². The lowest BCUT2D eigenvalue weighted by atomic mass is 10.3. The maximum absolute atomic E-state index is 13.5. The zero-order valence-electron chi connectivity index (χ0n) is 8.32. The van der Waals surface area contributed by atoms with Gasteiger partial charge in [0.1, 0.15) is 17.2 Å². The monoisotopic (exact) mass is 273 g/mol. The Balaban J connectivity index is 2.38. The predicted octanol–water partition coefficient (Wildman–Crippen LogP) is 3.30. The summed E-state index contributed by atoms with van der Waals surface area (Å²) >= 11 is 11.4. The van der Waals surface area contributed by atoms with Crippen LogP contribution in [0.4, 0.5) is 10.2 Å². The average Bonchev–Trinajstić information content (AvgIpc) is 2.31. The standard InChI is InChI=1S/C10H6Cl2FN3O/c11-5-2-1-3-6(8(5)13)17-10-7(12)9(14)15-4-16-10/h1-4H,(H2,14,15,16). The molecule has 0 aliphatic heterocycles. The highest BCUT2D eigenvalue weighted by Crippen LogP contribution is 2.32. The van der Waals surface area contributed by atoms with Crippen molar-refractivity contribution in [2.24, 2.45) is 0 Å². The van der Waals surface area contributed by atoms with Gasteiger partial charge in [-0.2, -0.15) is 4.98 Å². The van der Waals surface area contributed by atoms with Crippen LogP contribution in [0, 0.1) is 5.82 Å². The summed E-state index contributed by atoms with van der Waals surface area (Å²) in [5.41, 5.74) is 5.46. The van der Waals surface area contributed by atoms with Crippen molar-refractivity contribution in [1.29, 1.82) is 0 Å². The lowest BCUT2D eigenvalue weighted by Gasteiger charge is -2.08. The first kappa shape index (κ1) is 11.9. The quantitative estimate of drug-likeness (QED) is 0.912. The molecule has 17 heavy (non-hydrogen) atoms. The van der Waals surface area contributed by atoms with Crippen molar-refractivity contribution in [2.75, 3.05) is 5.73 Å². The molecule has 0 spiro atoms. The van der Waals surface area contributed by atoms with Gasteiger partial charge in [-0.3, -0.25) is 0 Å². The van der Waals surface area contributed by atoms with E-state index in [-0.39, 0.29) is 27.5 Å². The Hall–Kier alpha value is -1.59. The van der Waals surface area contributed by atoms with Crippen LogP contribution in [0.2, 0.25) is 10.0 Å². The number of anilines is 1. The van der Waals surface area contributed by atoms with Gasteiger partial charge in [0, 0.05) is 0 Å². The number of halogens is 3. The van der Waals surface area contributed by atoms with Gasteiger partial charge in [-0.15, -0.1) is 0 Å². The number of nitrogens with zero attached hydrogens (tertiary/aromatic N) is 2. The van der Waals surface area contributed by atoms with Crippen molar-refractivity contribution < 1.29 is 9.13 Å². The molecule has 1 heterocycles. The molecule has 88 valence electrons. The van der Waals surface area contributed by atoms with Crippen molar-refractivity contribution >= 4 is 29.0 Å². The molecule has 1 aromatic heterocycles. The Kier molecular flexibility index (Phi) is 3.31. The van der Waals surface area contributed by atoms with Gasteiger partial charge in [0.2, 0.25) is 5.88 Å². The zero-order chi connectivity index (χ0) is 12.4. The highest BCUT2D eigenvalue weighted by atomic mass is 35.5. The second-order valence-electron chi connectivity index (χ2n) is 3.03. The summed E-state index contributed by atoms with van der Waals surface area (Å²) in [4.78, 5) is 7.41. The molecule has 0 fully saturated rings. The minimum atomic E-state index is -0.692. The summed E-state index contributed by atoms with van der Waals surface area (Å²) in [6, 6.07) is 4.34. The van der Waals surface area contributed by atoms with Crippen molar-refractivity contribution in [3.05, 3.63) is 40.4 Å². The number of hydrogen-bond acceptors (Lipinski definition) is 4. The summed E-state index contributed by atoms with van der Waals surface area (Å²) < 4.78 is 18.7. The van der Waals surface area contributed by atoms with Gasteiger partial charge in [0.25, 0.3) is 0 Å². The van der Waals surface area contributed by atoms with Gasteiger partial charge in [-0.05, 0) is 12.1 Å². The molecule has 0 saturated carbocycles. The molecular formula is C10H6Cl2FN3O. The highest BCUT2D eigenvalue weighted by Gasteiger charge is 2.13. The average molecular weight is 274 g/mol. The molecule has 4 nitrogen and oxygen atoms in total. The third-order valence-corrected chi connectivity index (χ3v) is 2.55. The molecular weight excluding hydrogens is 268 g/mol. The smallest absolute Gasteiger partial charge is 0.243 e. The van der Waals surface area contributed by atoms with E-state index < -0.39 is 5.82 Å². The fraction of sp³-hybridized carbons (Fsp3) is 0. The van der Waals surface area contributed by atoms with Crippen molar-refractivity contribution in [3.8, 4) is 11.6 Å². The molecule has 7 heteroatoms. The minimum absolute atomic E-state index is 0.0203. The van der Waals surface area contributed by atoms with E-state index in [1.165, 1.54) is 18.5 Å². The maximum atomic E-state index is 13.5. The van der Waals surface area contributed by atoms with Crippen molar-refractivity contribution in [2.45, 2.75) is 0 Å².